The Kier molecular flexibility index (Phi) is 5.92. The average molecular weight is 485 g/mol. The lowest BCUT2D eigenvalue weighted by Gasteiger charge is -2.20. The summed E-state index contributed by atoms with van der Waals surface area (Å²) in [4.78, 5) is 22.0. The maximum Gasteiger partial charge on any atom is 0.336 e. The number of rotatable bonds is 6. The normalized spacial score (nSPS) is 13.3. The third kappa shape index (κ3) is 4.46. The lowest BCUT2D eigenvalue weighted by atomic mass is 10.0. The second-order valence-corrected chi connectivity index (χ2v) is 9.64. The van der Waals surface area contributed by atoms with E-state index in [-0.39, 0.29) is 21.7 Å². The van der Waals surface area contributed by atoms with Crippen molar-refractivity contribution in [3.63, 3.8) is 0 Å². The molecule has 0 unspecified atom stereocenters. The first kappa shape index (κ1) is 22.5. The molecule has 0 bridgehead atoms. The summed E-state index contributed by atoms with van der Waals surface area (Å²) in [5, 5.41) is 21.0. The number of hydrogen-bond acceptors (Lipinski definition) is 5. The Morgan fingerprint density at radius 2 is 1.88 bits per heavy atom. The number of fused-ring (bicyclic) bond motifs is 1. The van der Waals surface area contributed by atoms with Gasteiger partial charge in [0.1, 0.15) is 0 Å². The topological polar surface area (TPSA) is 118 Å². The predicted molar refractivity (Wildman–Crippen MR) is 125 cm³/mol. The van der Waals surface area contributed by atoms with Gasteiger partial charge in [0.15, 0.2) is 0 Å². The van der Waals surface area contributed by atoms with Gasteiger partial charge in [-0.15, -0.1) is 0 Å². The van der Waals surface area contributed by atoms with Gasteiger partial charge < -0.3 is 5.11 Å². The van der Waals surface area contributed by atoms with Gasteiger partial charge in [0.25, 0.3) is 15.7 Å². The number of anilines is 1. The summed E-state index contributed by atoms with van der Waals surface area (Å²) in [5.41, 5.74) is 1.72. The number of carboxylic acid groups (broad SMARTS) is 1. The molecule has 0 aromatic heterocycles. The van der Waals surface area contributed by atoms with Crippen molar-refractivity contribution < 1.29 is 23.2 Å². The van der Waals surface area contributed by atoms with Gasteiger partial charge in [-0.05, 0) is 59.5 Å². The fraction of sp³-hybridized carbons (Fsp3) is 0.0870. The van der Waals surface area contributed by atoms with E-state index in [4.69, 9.17) is 11.6 Å². The van der Waals surface area contributed by atoms with Crippen LogP contribution in [0.3, 0.4) is 0 Å². The molecule has 0 saturated heterocycles. The maximum atomic E-state index is 13.3. The summed E-state index contributed by atoms with van der Waals surface area (Å²) in [5.74, 6) is -1.23. The van der Waals surface area contributed by atoms with E-state index in [2.05, 4.69) is 0 Å². The van der Waals surface area contributed by atoms with Crippen LogP contribution >= 0.6 is 11.6 Å². The highest BCUT2D eigenvalue weighted by molar-refractivity contribution is 7.92. The SMILES string of the molecule is O=C(O)c1ccc([N+](=O)[O-])cc1/C=C/c1cccc(S(=O)(=O)N2CCc3cc(Cl)ccc32)c1. The molecule has 33 heavy (non-hydrogen) atoms. The Labute approximate surface area is 194 Å². The minimum atomic E-state index is -3.84. The molecule has 0 aliphatic carbocycles. The third-order valence-electron chi connectivity index (χ3n) is 5.27. The van der Waals surface area contributed by atoms with Gasteiger partial charge in [-0.25, -0.2) is 13.2 Å². The first-order valence-corrected chi connectivity index (χ1v) is 11.6. The van der Waals surface area contributed by atoms with E-state index in [0.717, 1.165) is 23.8 Å². The first-order chi connectivity index (χ1) is 15.7. The summed E-state index contributed by atoms with van der Waals surface area (Å²) in [7, 11) is -3.84. The lowest BCUT2D eigenvalue weighted by molar-refractivity contribution is -0.384. The van der Waals surface area contributed by atoms with E-state index in [0.29, 0.717) is 29.2 Å². The summed E-state index contributed by atoms with van der Waals surface area (Å²) in [6, 6.07) is 14.7. The van der Waals surface area contributed by atoms with Gasteiger partial charge in [-0.3, -0.25) is 14.4 Å². The van der Waals surface area contributed by atoms with E-state index >= 15 is 0 Å². The van der Waals surface area contributed by atoms with Crippen molar-refractivity contribution in [3.05, 3.63) is 98.1 Å². The van der Waals surface area contributed by atoms with Crippen LogP contribution in [-0.4, -0.2) is 31.0 Å². The van der Waals surface area contributed by atoms with E-state index in [9.17, 15) is 28.4 Å². The number of nitro groups is 1. The third-order valence-corrected chi connectivity index (χ3v) is 7.32. The summed E-state index contributed by atoms with van der Waals surface area (Å²) in [6.07, 6.45) is 3.48. The highest BCUT2D eigenvalue weighted by Crippen LogP contribution is 2.34. The number of carbonyl (C=O) groups is 1. The van der Waals surface area contributed by atoms with Crippen molar-refractivity contribution in [1.29, 1.82) is 0 Å². The average Bonchev–Trinajstić information content (AvgIpc) is 3.21. The number of benzene rings is 3. The van der Waals surface area contributed by atoms with Crippen LogP contribution in [0.5, 0.6) is 0 Å². The molecule has 0 atom stereocenters. The zero-order valence-electron chi connectivity index (χ0n) is 17.0. The molecule has 1 aliphatic rings. The van der Waals surface area contributed by atoms with E-state index < -0.39 is 20.9 Å². The molecule has 1 aliphatic heterocycles. The minimum Gasteiger partial charge on any atom is -0.478 e. The fourth-order valence-electron chi connectivity index (χ4n) is 3.68. The van der Waals surface area contributed by atoms with Crippen molar-refractivity contribution >= 4 is 51.1 Å². The lowest BCUT2D eigenvalue weighted by Crippen LogP contribution is -2.29. The van der Waals surface area contributed by atoms with Gasteiger partial charge in [-0.2, -0.15) is 0 Å². The molecule has 8 nitrogen and oxygen atoms in total. The van der Waals surface area contributed by atoms with Crippen LogP contribution in [0.25, 0.3) is 12.2 Å². The van der Waals surface area contributed by atoms with E-state index in [1.165, 1.54) is 28.6 Å². The van der Waals surface area contributed by atoms with Gasteiger partial charge >= 0.3 is 5.97 Å². The maximum absolute atomic E-state index is 13.3. The second kappa shape index (κ2) is 8.68. The van der Waals surface area contributed by atoms with Gasteiger partial charge in [0, 0.05) is 23.7 Å². The van der Waals surface area contributed by atoms with Gasteiger partial charge in [-0.1, -0.05) is 35.9 Å². The molecular formula is C23H17ClN2O6S. The van der Waals surface area contributed by atoms with Gasteiger partial charge in [0.05, 0.1) is 21.1 Å². The van der Waals surface area contributed by atoms with E-state index in [1.54, 1.807) is 30.3 Å². The highest BCUT2D eigenvalue weighted by Gasteiger charge is 2.31. The molecular weight excluding hydrogens is 468 g/mol. The molecule has 4 rings (SSSR count). The van der Waals surface area contributed by atoms with Crippen LogP contribution in [0.1, 0.15) is 27.0 Å². The number of nitrogens with zero attached hydrogens (tertiary/aromatic N) is 2. The van der Waals surface area contributed by atoms with E-state index in [1.807, 2.05) is 0 Å². The number of halogens is 1. The van der Waals surface area contributed by atoms with Crippen molar-refractivity contribution in [2.45, 2.75) is 11.3 Å². The zero-order valence-corrected chi connectivity index (χ0v) is 18.6. The predicted octanol–water partition coefficient (Wildman–Crippen LogP) is 4.87. The Morgan fingerprint density at radius 3 is 2.61 bits per heavy atom. The molecule has 0 saturated carbocycles. The van der Waals surface area contributed by atoms with Crippen molar-refractivity contribution in [1.82, 2.24) is 0 Å². The Bertz CT molecular complexity index is 1420. The van der Waals surface area contributed by atoms with Crippen LogP contribution in [0.4, 0.5) is 11.4 Å². The number of sulfonamides is 1. The standard InChI is InChI=1S/C23H17ClN2O6S/c24-18-6-9-22-17(13-18)10-11-25(22)33(31,32)20-3-1-2-15(12-20)4-5-16-14-19(26(29)30)7-8-21(16)23(27)28/h1-9,12-14H,10-11H2,(H,27,28)/b5-4+. The van der Waals surface area contributed by atoms with Gasteiger partial charge in [0.2, 0.25) is 0 Å². The summed E-state index contributed by atoms with van der Waals surface area (Å²) < 4.78 is 27.9. The Balaban J connectivity index is 1.67. The Morgan fingerprint density at radius 1 is 1.09 bits per heavy atom. The molecule has 10 heteroatoms. The number of aromatic carboxylic acids is 1. The fourth-order valence-corrected chi connectivity index (χ4v) is 5.43. The highest BCUT2D eigenvalue weighted by atomic mass is 35.5. The molecule has 1 N–H and O–H groups in total. The molecule has 0 radical (unpaired) electrons. The molecule has 1 heterocycles. The molecule has 0 fully saturated rings. The Hall–Kier alpha value is -3.69. The van der Waals surface area contributed by atoms with Crippen molar-refractivity contribution in [2.75, 3.05) is 10.8 Å². The second-order valence-electron chi connectivity index (χ2n) is 7.34. The van der Waals surface area contributed by atoms with Crippen molar-refractivity contribution in [3.8, 4) is 0 Å². The number of hydrogen-bond donors (Lipinski definition) is 1. The first-order valence-electron chi connectivity index (χ1n) is 9.78. The van der Waals surface area contributed by atoms with Crippen LogP contribution in [0.2, 0.25) is 5.02 Å². The zero-order chi connectivity index (χ0) is 23.8. The minimum absolute atomic E-state index is 0.0740. The molecule has 0 amide bonds. The number of nitro benzene ring substituents is 1. The van der Waals surface area contributed by atoms with Crippen LogP contribution in [-0.2, 0) is 16.4 Å². The van der Waals surface area contributed by atoms with Crippen molar-refractivity contribution in [2.24, 2.45) is 0 Å². The number of carboxylic acids is 1. The smallest absolute Gasteiger partial charge is 0.336 e. The van der Waals surface area contributed by atoms with Crippen LogP contribution in [0.15, 0.2) is 65.6 Å². The molecule has 168 valence electrons. The largest absolute Gasteiger partial charge is 0.478 e. The summed E-state index contributed by atoms with van der Waals surface area (Å²) >= 11 is 6.02. The molecule has 0 spiro atoms. The molecule has 3 aromatic carbocycles. The quantitative estimate of drug-likeness (QED) is 0.303. The van der Waals surface area contributed by atoms with Crippen LogP contribution in [0, 0.1) is 10.1 Å². The monoisotopic (exact) mass is 484 g/mol. The summed E-state index contributed by atoms with van der Waals surface area (Å²) in [6.45, 7) is 0.299. The van der Waals surface area contributed by atoms with Crippen LogP contribution < -0.4 is 4.31 Å². The number of non-ortho nitro benzene ring substituents is 1. The molecule has 3 aromatic rings.